The number of pyridine rings is 1. The SMILES string of the molecule is c1ccc(-n2c3ccccc3c3ccc4c5ccccc5n(-c5ccc(-c6nc7sc8ccccc8c7c7ccccc67)cc5)c4c32)cc1. The highest BCUT2D eigenvalue weighted by Crippen LogP contribution is 2.43. The Labute approximate surface area is 285 Å². The molecule has 49 heavy (non-hydrogen) atoms. The highest BCUT2D eigenvalue weighted by Gasteiger charge is 2.21. The molecule has 0 saturated carbocycles. The predicted molar refractivity (Wildman–Crippen MR) is 209 cm³/mol. The largest absolute Gasteiger partial charge is 0.307 e. The van der Waals surface area contributed by atoms with Gasteiger partial charge in [-0.2, -0.15) is 0 Å². The fraction of sp³-hybridized carbons (Fsp3) is 0. The molecule has 4 heterocycles. The molecule has 7 aromatic carbocycles. The lowest BCUT2D eigenvalue weighted by atomic mass is 10.0. The van der Waals surface area contributed by atoms with E-state index in [2.05, 4.69) is 173 Å². The number of benzene rings is 7. The van der Waals surface area contributed by atoms with Crippen molar-refractivity contribution in [2.24, 2.45) is 0 Å². The van der Waals surface area contributed by atoms with E-state index in [9.17, 15) is 0 Å². The molecule has 0 saturated heterocycles. The average Bonchev–Trinajstić information content (AvgIpc) is 3.83. The van der Waals surface area contributed by atoms with Crippen LogP contribution in [0.4, 0.5) is 0 Å². The third-order valence-electron chi connectivity index (χ3n) is 10.1. The molecule has 0 radical (unpaired) electrons. The maximum Gasteiger partial charge on any atom is 0.125 e. The monoisotopic (exact) mass is 641 g/mol. The number of hydrogen-bond acceptors (Lipinski definition) is 2. The second-order valence-corrected chi connectivity index (χ2v) is 13.8. The Hall–Kier alpha value is -6.23. The summed E-state index contributed by atoms with van der Waals surface area (Å²) >= 11 is 1.77. The molecular formula is C45H27N3S. The van der Waals surface area contributed by atoms with E-state index >= 15 is 0 Å². The Bertz CT molecular complexity index is 3090. The van der Waals surface area contributed by atoms with E-state index in [4.69, 9.17) is 4.98 Å². The number of aromatic nitrogens is 3. The molecule has 0 N–H and O–H groups in total. The van der Waals surface area contributed by atoms with Gasteiger partial charge < -0.3 is 9.13 Å². The van der Waals surface area contributed by atoms with Gasteiger partial charge in [0.05, 0.1) is 27.8 Å². The standard InChI is InChI=1S/C45H27N3S/c1-2-12-29(13-3-1)47-38-19-9-6-14-31(38)35-26-27-36-32-15-7-10-20-39(32)48(44(36)43(35)47)30-24-22-28(23-25-30)42-34-17-5-4-16-33(34)41-37-18-8-11-21-40(37)49-45(41)46-42/h1-27H. The summed E-state index contributed by atoms with van der Waals surface area (Å²) < 4.78 is 6.16. The van der Waals surface area contributed by atoms with Gasteiger partial charge in [0, 0.05) is 59.3 Å². The normalized spacial score (nSPS) is 12.1. The van der Waals surface area contributed by atoms with Gasteiger partial charge in [0.25, 0.3) is 0 Å². The molecule has 0 unspecified atom stereocenters. The van der Waals surface area contributed by atoms with Crippen molar-refractivity contribution in [2.45, 2.75) is 0 Å². The van der Waals surface area contributed by atoms with Gasteiger partial charge in [-0.1, -0.05) is 121 Å². The van der Waals surface area contributed by atoms with E-state index in [1.165, 1.54) is 69.9 Å². The molecule has 228 valence electrons. The number of fused-ring (bicyclic) bond motifs is 12. The minimum atomic E-state index is 1.02. The van der Waals surface area contributed by atoms with Gasteiger partial charge in [-0.05, 0) is 47.9 Å². The van der Waals surface area contributed by atoms with E-state index in [-0.39, 0.29) is 0 Å². The van der Waals surface area contributed by atoms with Gasteiger partial charge in [0.1, 0.15) is 4.83 Å². The zero-order valence-corrected chi connectivity index (χ0v) is 27.2. The molecule has 11 aromatic rings. The molecule has 4 aromatic heterocycles. The second-order valence-electron chi connectivity index (χ2n) is 12.7. The van der Waals surface area contributed by atoms with Crippen LogP contribution < -0.4 is 0 Å². The van der Waals surface area contributed by atoms with Crippen molar-refractivity contribution in [2.75, 3.05) is 0 Å². The van der Waals surface area contributed by atoms with Crippen LogP contribution in [0.1, 0.15) is 0 Å². The Balaban J connectivity index is 1.19. The van der Waals surface area contributed by atoms with Crippen LogP contribution in [0.15, 0.2) is 164 Å². The second kappa shape index (κ2) is 10.1. The maximum atomic E-state index is 5.32. The zero-order chi connectivity index (χ0) is 32.1. The van der Waals surface area contributed by atoms with Crippen LogP contribution in [0, 0.1) is 0 Å². The van der Waals surface area contributed by atoms with E-state index in [0.717, 1.165) is 27.5 Å². The molecule has 4 heteroatoms. The predicted octanol–water partition coefficient (Wildman–Crippen LogP) is 12.5. The summed E-state index contributed by atoms with van der Waals surface area (Å²) in [6, 6.07) is 59.3. The Morgan fingerprint density at radius 2 is 0.898 bits per heavy atom. The van der Waals surface area contributed by atoms with Gasteiger partial charge in [-0.15, -0.1) is 11.3 Å². The summed E-state index contributed by atoms with van der Waals surface area (Å²) in [5, 5.41) is 9.95. The fourth-order valence-corrected chi connectivity index (χ4v) is 9.14. The number of para-hydroxylation sites is 3. The number of nitrogens with zero attached hydrogens (tertiary/aromatic N) is 3. The van der Waals surface area contributed by atoms with Gasteiger partial charge in [-0.25, -0.2) is 4.98 Å². The van der Waals surface area contributed by atoms with Crippen LogP contribution in [0.5, 0.6) is 0 Å². The first-order valence-electron chi connectivity index (χ1n) is 16.6. The first-order valence-corrected chi connectivity index (χ1v) is 17.5. The average molecular weight is 642 g/mol. The van der Waals surface area contributed by atoms with Gasteiger partial charge in [-0.3, -0.25) is 0 Å². The third kappa shape index (κ3) is 3.75. The van der Waals surface area contributed by atoms with Gasteiger partial charge in [0.15, 0.2) is 0 Å². The zero-order valence-electron chi connectivity index (χ0n) is 26.3. The highest BCUT2D eigenvalue weighted by atomic mass is 32.1. The Kier molecular flexibility index (Phi) is 5.54. The van der Waals surface area contributed by atoms with Crippen LogP contribution >= 0.6 is 11.3 Å². The van der Waals surface area contributed by atoms with E-state index < -0.39 is 0 Å². The van der Waals surface area contributed by atoms with Crippen LogP contribution in [-0.4, -0.2) is 14.1 Å². The minimum Gasteiger partial charge on any atom is -0.307 e. The van der Waals surface area contributed by atoms with E-state index in [1.807, 2.05) is 0 Å². The number of hydrogen-bond donors (Lipinski definition) is 0. The molecule has 0 aliphatic heterocycles. The molecule has 0 bridgehead atoms. The summed E-state index contributed by atoms with van der Waals surface area (Å²) in [6.07, 6.45) is 0. The first-order chi connectivity index (χ1) is 24.3. The highest BCUT2D eigenvalue weighted by molar-refractivity contribution is 7.25. The fourth-order valence-electron chi connectivity index (χ4n) is 8.04. The summed E-state index contributed by atoms with van der Waals surface area (Å²) in [7, 11) is 0. The summed E-state index contributed by atoms with van der Waals surface area (Å²) in [4.78, 5) is 6.40. The summed E-state index contributed by atoms with van der Waals surface area (Å²) in [5.41, 5.74) is 9.24. The van der Waals surface area contributed by atoms with Crippen molar-refractivity contribution in [1.29, 1.82) is 0 Å². The van der Waals surface area contributed by atoms with Crippen LogP contribution in [0.2, 0.25) is 0 Å². The van der Waals surface area contributed by atoms with Crippen molar-refractivity contribution in [1.82, 2.24) is 14.1 Å². The first kappa shape index (κ1) is 26.8. The van der Waals surface area contributed by atoms with Gasteiger partial charge in [0.2, 0.25) is 0 Å². The van der Waals surface area contributed by atoms with Crippen LogP contribution in [-0.2, 0) is 0 Å². The third-order valence-corrected chi connectivity index (χ3v) is 11.2. The van der Waals surface area contributed by atoms with Crippen LogP contribution in [0.3, 0.4) is 0 Å². The molecule has 11 rings (SSSR count). The molecule has 0 fully saturated rings. The Morgan fingerprint density at radius 1 is 0.388 bits per heavy atom. The topological polar surface area (TPSA) is 22.8 Å². The molecule has 3 nitrogen and oxygen atoms in total. The lowest BCUT2D eigenvalue weighted by molar-refractivity contribution is 1.15. The molecule has 0 spiro atoms. The van der Waals surface area contributed by atoms with Crippen LogP contribution in [0.25, 0.3) is 97.3 Å². The van der Waals surface area contributed by atoms with E-state index in [0.29, 0.717) is 0 Å². The van der Waals surface area contributed by atoms with Crippen molar-refractivity contribution in [3.63, 3.8) is 0 Å². The number of thiophene rings is 1. The Morgan fingerprint density at radius 3 is 1.55 bits per heavy atom. The van der Waals surface area contributed by atoms with Crippen molar-refractivity contribution < 1.29 is 0 Å². The molecule has 0 aliphatic carbocycles. The van der Waals surface area contributed by atoms with E-state index in [1.54, 1.807) is 11.3 Å². The lowest BCUT2D eigenvalue weighted by Gasteiger charge is -2.13. The maximum absolute atomic E-state index is 5.32. The van der Waals surface area contributed by atoms with Crippen molar-refractivity contribution in [3.05, 3.63) is 164 Å². The minimum absolute atomic E-state index is 1.02. The van der Waals surface area contributed by atoms with Crippen molar-refractivity contribution in [3.8, 4) is 22.6 Å². The lowest BCUT2D eigenvalue weighted by Crippen LogP contribution is -1.98. The quantitative estimate of drug-likeness (QED) is 0.188. The smallest absolute Gasteiger partial charge is 0.125 e. The summed E-state index contributed by atoms with van der Waals surface area (Å²) in [5.74, 6) is 0. The number of rotatable bonds is 3. The van der Waals surface area contributed by atoms with Crippen molar-refractivity contribution >= 4 is 86.0 Å². The summed E-state index contributed by atoms with van der Waals surface area (Å²) in [6.45, 7) is 0. The molecule has 0 aliphatic rings. The molecular weight excluding hydrogens is 615 g/mol. The molecule has 0 amide bonds. The molecule has 0 atom stereocenters. The van der Waals surface area contributed by atoms with Gasteiger partial charge >= 0.3 is 0 Å².